The van der Waals surface area contributed by atoms with Crippen molar-refractivity contribution in [3.63, 3.8) is 0 Å². The van der Waals surface area contributed by atoms with Crippen molar-refractivity contribution in [2.24, 2.45) is 0 Å². The minimum Gasteiger partial charge on any atom is -0.481 e. The highest BCUT2D eigenvalue weighted by Crippen LogP contribution is 2.40. The number of likely N-dealkylation sites (N-methyl/N-ethyl adjacent to an activating group) is 1. The third-order valence-corrected chi connectivity index (χ3v) is 4.59. The molecule has 1 aliphatic rings. The lowest BCUT2D eigenvalue weighted by atomic mass is 9.82. The Labute approximate surface area is 142 Å². The number of fused-ring (bicyclic) bond motifs is 1. The van der Waals surface area contributed by atoms with Crippen LogP contribution in [0.4, 0.5) is 0 Å². The molecule has 0 saturated heterocycles. The number of hydrogen-bond donors (Lipinski definition) is 1. The van der Waals surface area contributed by atoms with E-state index in [-0.39, 0.29) is 12.3 Å². The summed E-state index contributed by atoms with van der Waals surface area (Å²) in [6.45, 7) is 1.72. The maximum Gasteiger partial charge on any atom is 0.303 e. The SMILES string of the molecule is CN(C)CCn1nc(-c2cccnc2)c2c1CCCC2CC(=O)O. The molecule has 1 aliphatic carbocycles. The molecule has 128 valence electrons. The zero-order valence-electron chi connectivity index (χ0n) is 14.3. The Bertz CT molecular complexity index is 709. The molecule has 6 nitrogen and oxygen atoms in total. The van der Waals surface area contributed by atoms with E-state index in [0.29, 0.717) is 0 Å². The molecule has 0 radical (unpaired) electrons. The number of aliphatic carboxylic acids is 1. The van der Waals surface area contributed by atoms with Gasteiger partial charge >= 0.3 is 5.97 Å². The molecule has 2 aromatic heterocycles. The minimum atomic E-state index is -0.744. The molecular formula is C18H24N4O2. The standard InChI is InChI=1S/C18H24N4O2/c1-21(2)9-10-22-15-7-3-5-13(11-16(23)24)17(15)18(20-22)14-6-4-8-19-12-14/h4,6,8,12-13H,3,5,7,9-11H2,1-2H3,(H,23,24). The molecule has 0 bridgehead atoms. The van der Waals surface area contributed by atoms with Crippen LogP contribution in [-0.4, -0.2) is 51.4 Å². The van der Waals surface area contributed by atoms with Gasteiger partial charge in [0.25, 0.3) is 0 Å². The van der Waals surface area contributed by atoms with Crippen LogP contribution in [-0.2, 0) is 17.8 Å². The fraction of sp³-hybridized carbons (Fsp3) is 0.500. The zero-order chi connectivity index (χ0) is 17.1. The number of hydrogen-bond acceptors (Lipinski definition) is 4. The fourth-order valence-corrected chi connectivity index (χ4v) is 3.47. The first-order valence-electron chi connectivity index (χ1n) is 8.42. The van der Waals surface area contributed by atoms with Crippen LogP contribution >= 0.6 is 0 Å². The number of carbonyl (C=O) groups is 1. The van der Waals surface area contributed by atoms with Gasteiger partial charge in [0.05, 0.1) is 18.7 Å². The van der Waals surface area contributed by atoms with E-state index in [1.165, 1.54) is 5.69 Å². The van der Waals surface area contributed by atoms with Gasteiger partial charge in [-0.2, -0.15) is 5.10 Å². The van der Waals surface area contributed by atoms with E-state index in [2.05, 4.69) is 14.6 Å². The van der Waals surface area contributed by atoms with Crippen LogP contribution in [0, 0.1) is 0 Å². The maximum atomic E-state index is 11.3. The van der Waals surface area contributed by atoms with Crippen LogP contribution < -0.4 is 0 Å². The van der Waals surface area contributed by atoms with Gasteiger partial charge in [-0.1, -0.05) is 0 Å². The lowest BCUT2D eigenvalue weighted by Gasteiger charge is -2.23. The molecule has 0 saturated carbocycles. The summed E-state index contributed by atoms with van der Waals surface area (Å²) in [5.74, 6) is -0.708. The first-order valence-corrected chi connectivity index (χ1v) is 8.42. The van der Waals surface area contributed by atoms with Crippen LogP contribution in [0.3, 0.4) is 0 Å². The summed E-state index contributed by atoms with van der Waals surface area (Å²) >= 11 is 0. The lowest BCUT2D eigenvalue weighted by molar-refractivity contribution is -0.137. The molecule has 1 unspecified atom stereocenters. The average molecular weight is 328 g/mol. The third kappa shape index (κ3) is 3.48. The second kappa shape index (κ2) is 7.13. The van der Waals surface area contributed by atoms with Gasteiger partial charge < -0.3 is 10.0 Å². The summed E-state index contributed by atoms with van der Waals surface area (Å²) in [6, 6.07) is 3.90. The molecule has 1 atom stereocenters. The highest BCUT2D eigenvalue weighted by molar-refractivity contribution is 5.71. The first-order chi connectivity index (χ1) is 11.6. The zero-order valence-corrected chi connectivity index (χ0v) is 14.3. The predicted molar refractivity (Wildman–Crippen MR) is 91.9 cm³/mol. The van der Waals surface area contributed by atoms with E-state index in [4.69, 9.17) is 5.10 Å². The molecule has 24 heavy (non-hydrogen) atoms. The van der Waals surface area contributed by atoms with Gasteiger partial charge in [-0.25, -0.2) is 0 Å². The molecule has 0 spiro atoms. The quantitative estimate of drug-likeness (QED) is 0.881. The number of rotatable bonds is 6. The Balaban J connectivity index is 2.05. The van der Waals surface area contributed by atoms with Crippen molar-refractivity contribution < 1.29 is 9.90 Å². The molecule has 2 aromatic rings. The summed E-state index contributed by atoms with van der Waals surface area (Å²) < 4.78 is 2.08. The maximum absolute atomic E-state index is 11.3. The highest BCUT2D eigenvalue weighted by Gasteiger charge is 2.30. The van der Waals surface area contributed by atoms with E-state index in [1.807, 2.05) is 32.4 Å². The number of pyridine rings is 1. The van der Waals surface area contributed by atoms with Crippen molar-refractivity contribution in [2.75, 3.05) is 20.6 Å². The number of nitrogens with zero attached hydrogens (tertiary/aromatic N) is 4. The largest absolute Gasteiger partial charge is 0.481 e. The summed E-state index contributed by atoms with van der Waals surface area (Å²) in [5, 5.41) is 14.1. The van der Waals surface area contributed by atoms with Crippen molar-refractivity contribution in [1.29, 1.82) is 0 Å². The van der Waals surface area contributed by atoms with E-state index in [9.17, 15) is 9.90 Å². The molecule has 0 amide bonds. The van der Waals surface area contributed by atoms with Gasteiger partial charge in [0.2, 0.25) is 0 Å². The van der Waals surface area contributed by atoms with Crippen molar-refractivity contribution in [1.82, 2.24) is 19.7 Å². The fourth-order valence-electron chi connectivity index (χ4n) is 3.47. The Morgan fingerprint density at radius 3 is 2.96 bits per heavy atom. The van der Waals surface area contributed by atoms with E-state index >= 15 is 0 Å². The number of aromatic nitrogens is 3. The summed E-state index contributed by atoms with van der Waals surface area (Å²) in [7, 11) is 4.09. The van der Waals surface area contributed by atoms with Gasteiger partial charge in [-0.3, -0.25) is 14.5 Å². The lowest BCUT2D eigenvalue weighted by Crippen LogP contribution is -2.21. The Morgan fingerprint density at radius 1 is 1.46 bits per heavy atom. The van der Waals surface area contributed by atoms with Gasteiger partial charge in [0, 0.05) is 35.8 Å². The van der Waals surface area contributed by atoms with Crippen LogP contribution in [0.15, 0.2) is 24.5 Å². The van der Waals surface area contributed by atoms with Gasteiger partial charge in [0.1, 0.15) is 0 Å². The molecule has 3 rings (SSSR count). The molecule has 2 heterocycles. The van der Waals surface area contributed by atoms with Gasteiger partial charge in [0.15, 0.2) is 0 Å². The number of carboxylic acids is 1. The third-order valence-electron chi connectivity index (χ3n) is 4.59. The van der Waals surface area contributed by atoms with Crippen molar-refractivity contribution >= 4 is 5.97 Å². The summed E-state index contributed by atoms with van der Waals surface area (Å²) in [6.07, 6.45) is 6.61. The van der Waals surface area contributed by atoms with Crippen LogP contribution in [0.25, 0.3) is 11.3 Å². The molecular weight excluding hydrogens is 304 g/mol. The van der Waals surface area contributed by atoms with Crippen molar-refractivity contribution in [3.8, 4) is 11.3 Å². The van der Waals surface area contributed by atoms with E-state index < -0.39 is 5.97 Å². The monoisotopic (exact) mass is 328 g/mol. The summed E-state index contributed by atoms with van der Waals surface area (Å²) in [5.41, 5.74) is 4.20. The molecule has 1 N–H and O–H groups in total. The van der Waals surface area contributed by atoms with E-state index in [1.54, 1.807) is 6.20 Å². The van der Waals surface area contributed by atoms with Crippen LogP contribution in [0.1, 0.15) is 36.4 Å². The summed E-state index contributed by atoms with van der Waals surface area (Å²) in [4.78, 5) is 17.6. The minimum absolute atomic E-state index is 0.0366. The van der Waals surface area contributed by atoms with Crippen molar-refractivity contribution in [2.45, 2.75) is 38.1 Å². The Morgan fingerprint density at radius 2 is 2.29 bits per heavy atom. The number of carboxylic acid groups (broad SMARTS) is 1. The van der Waals surface area contributed by atoms with Crippen LogP contribution in [0.5, 0.6) is 0 Å². The average Bonchev–Trinajstić information content (AvgIpc) is 2.93. The Hall–Kier alpha value is -2.21. The molecule has 6 heteroatoms. The Kier molecular flexibility index (Phi) is 4.94. The second-order valence-corrected chi connectivity index (χ2v) is 6.66. The normalized spacial score (nSPS) is 17.0. The second-order valence-electron chi connectivity index (χ2n) is 6.66. The van der Waals surface area contributed by atoms with Crippen LogP contribution in [0.2, 0.25) is 0 Å². The molecule has 0 fully saturated rings. The van der Waals surface area contributed by atoms with Gasteiger partial charge in [-0.15, -0.1) is 0 Å². The molecule has 0 aromatic carbocycles. The predicted octanol–water partition coefficient (Wildman–Crippen LogP) is 2.40. The first kappa shape index (κ1) is 16.6. The van der Waals surface area contributed by atoms with Gasteiger partial charge in [-0.05, 0) is 51.4 Å². The van der Waals surface area contributed by atoms with E-state index in [0.717, 1.165) is 49.2 Å². The topological polar surface area (TPSA) is 71.2 Å². The smallest absolute Gasteiger partial charge is 0.303 e. The van der Waals surface area contributed by atoms with Crippen molar-refractivity contribution in [3.05, 3.63) is 35.8 Å². The highest BCUT2D eigenvalue weighted by atomic mass is 16.4. The molecule has 0 aliphatic heterocycles.